The third kappa shape index (κ3) is 4.25. The fraction of sp³-hybridized carbons (Fsp3) is 0.933. The molecule has 20 heteroatoms. The van der Waals surface area contributed by atoms with E-state index in [1.54, 1.807) is 0 Å². The van der Waals surface area contributed by atoms with E-state index in [4.69, 9.17) is 0 Å². The molecule has 0 N–H and O–H groups in total. The summed E-state index contributed by atoms with van der Waals surface area (Å²) in [6.07, 6.45) is -7.81. The van der Waals surface area contributed by atoms with Gasteiger partial charge in [0.15, 0.2) is 0 Å². The summed E-state index contributed by atoms with van der Waals surface area (Å²) < 4.78 is 225. The second-order valence-electron chi connectivity index (χ2n) is 7.24. The Kier molecular flexibility index (Phi) is 7.75. The second-order valence-corrected chi connectivity index (χ2v) is 7.24. The summed E-state index contributed by atoms with van der Waals surface area (Å²) >= 11 is 0. The smallest absolute Gasteiger partial charge is 0.335 e. The number of rotatable bonds is 8. The van der Waals surface area contributed by atoms with E-state index in [1.807, 2.05) is 0 Å². The molecule has 1 heterocycles. The van der Waals surface area contributed by atoms with E-state index in [-0.39, 0.29) is 24.5 Å². The molecule has 0 atom stereocenters. The summed E-state index contributed by atoms with van der Waals surface area (Å²) in [5, 5.41) is 0. The van der Waals surface area contributed by atoms with Crippen LogP contribution in [0.4, 0.5) is 74.6 Å². The van der Waals surface area contributed by atoms with Crippen LogP contribution in [0.5, 0.6) is 0 Å². The number of halogens is 17. The lowest BCUT2D eigenvalue weighted by Crippen LogP contribution is -2.75. The van der Waals surface area contributed by atoms with Crippen molar-refractivity contribution >= 4 is 5.91 Å². The van der Waals surface area contributed by atoms with Crippen molar-refractivity contribution in [3.05, 3.63) is 0 Å². The molecule has 0 unspecified atom stereocenters. The zero-order chi connectivity index (χ0) is 28.3. The maximum absolute atomic E-state index is 14.0. The Morgan fingerprint density at radius 1 is 0.543 bits per heavy atom. The van der Waals surface area contributed by atoms with Gasteiger partial charge in [0.05, 0.1) is 0 Å². The molecule has 35 heavy (non-hydrogen) atoms. The van der Waals surface area contributed by atoms with Crippen LogP contribution in [0.2, 0.25) is 0 Å². The average molecular weight is 560 g/mol. The van der Waals surface area contributed by atoms with E-state index in [2.05, 4.69) is 0 Å². The van der Waals surface area contributed by atoms with Crippen molar-refractivity contribution in [3.63, 3.8) is 0 Å². The number of piperazine rings is 1. The van der Waals surface area contributed by atoms with Gasteiger partial charge in [0, 0.05) is 26.2 Å². The predicted octanol–water partition coefficient (Wildman–Crippen LogP) is 5.16. The van der Waals surface area contributed by atoms with Crippen LogP contribution in [0, 0.1) is 0 Å². The van der Waals surface area contributed by atoms with Gasteiger partial charge in [0.2, 0.25) is 0 Å². The number of hydrogen-bond acceptors (Lipinski definition) is 2. The number of carbonyl (C=O) groups is 1. The van der Waals surface area contributed by atoms with Crippen LogP contribution in [0.15, 0.2) is 0 Å². The Morgan fingerprint density at radius 2 is 0.857 bits per heavy atom. The van der Waals surface area contributed by atoms with Gasteiger partial charge in [-0.2, -0.15) is 74.6 Å². The first-order valence-electron chi connectivity index (χ1n) is 8.93. The van der Waals surface area contributed by atoms with Crippen molar-refractivity contribution < 1.29 is 79.4 Å². The van der Waals surface area contributed by atoms with Crippen LogP contribution in [-0.2, 0) is 4.79 Å². The lowest BCUT2D eigenvalue weighted by Gasteiger charge is -2.43. The van der Waals surface area contributed by atoms with Gasteiger partial charge < -0.3 is 9.80 Å². The summed E-state index contributed by atoms with van der Waals surface area (Å²) in [6.45, 7) is -0.759. The first-order chi connectivity index (χ1) is 15.2. The molecule has 0 spiro atoms. The van der Waals surface area contributed by atoms with Crippen LogP contribution in [-0.4, -0.2) is 96.1 Å². The van der Waals surface area contributed by atoms with Crippen molar-refractivity contribution in [2.45, 2.75) is 54.6 Å². The van der Waals surface area contributed by atoms with Crippen LogP contribution in [0.25, 0.3) is 0 Å². The van der Waals surface area contributed by atoms with Gasteiger partial charge >= 0.3 is 47.6 Å². The van der Waals surface area contributed by atoms with Gasteiger partial charge in [-0.1, -0.05) is 6.92 Å². The highest BCUT2D eigenvalue weighted by Crippen LogP contribution is 2.64. The van der Waals surface area contributed by atoms with E-state index in [0.717, 1.165) is 0 Å². The number of alkyl halides is 17. The van der Waals surface area contributed by atoms with Crippen LogP contribution in [0.3, 0.4) is 0 Å². The zero-order valence-electron chi connectivity index (χ0n) is 16.8. The molecule has 0 saturated carbocycles. The molecule has 0 bridgehead atoms. The van der Waals surface area contributed by atoms with E-state index in [0.29, 0.717) is 0 Å². The van der Waals surface area contributed by atoms with Crippen molar-refractivity contribution in [3.8, 4) is 0 Å². The largest absolute Gasteiger partial charge is 0.460 e. The highest BCUT2D eigenvalue weighted by Gasteiger charge is 2.95. The Morgan fingerprint density at radius 3 is 1.17 bits per heavy atom. The van der Waals surface area contributed by atoms with Crippen molar-refractivity contribution in [1.29, 1.82) is 0 Å². The minimum absolute atomic E-state index is 0.213. The molecular weight excluding hydrogens is 547 g/mol. The summed E-state index contributed by atoms with van der Waals surface area (Å²) in [4.78, 5) is 12.8. The minimum atomic E-state index is -8.71. The molecule has 0 radical (unpaired) electrons. The number of nitrogens with zero attached hydrogens (tertiary/aromatic N) is 2. The van der Waals surface area contributed by atoms with Gasteiger partial charge in [-0.15, -0.1) is 0 Å². The van der Waals surface area contributed by atoms with E-state index < -0.39 is 66.6 Å². The number of likely N-dealkylation sites (N-methyl/N-ethyl adjacent to an activating group) is 1. The second kappa shape index (κ2) is 8.67. The molecule has 1 saturated heterocycles. The molecule has 1 rings (SSSR count). The normalized spacial score (nSPS) is 18.7. The van der Waals surface area contributed by atoms with Gasteiger partial charge in [-0.25, -0.2) is 0 Å². The summed E-state index contributed by atoms with van der Waals surface area (Å²) in [5.74, 6) is -61.0. The maximum Gasteiger partial charge on any atom is 0.460 e. The van der Waals surface area contributed by atoms with E-state index in [1.165, 1.54) is 11.8 Å². The van der Waals surface area contributed by atoms with E-state index >= 15 is 0 Å². The Bertz CT molecular complexity index is 783. The van der Waals surface area contributed by atoms with Crippen LogP contribution < -0.4 is 0 Å². The van der Waals surface area contributed by atoms with Crippen molar-refractivity contribution in [1.82, 2.24) is 9.80 Å². The minimum Gasteiger partial charge on any atom is -0.335 e. The molecule has 3 nitrogen and oxygen atoms in total. The Labute approximate surface area is 183 Å². The molecule has 0 aromatic heterocycles. The highest BCUT2D eigenvalue weighted by molar-refractivity contribution is 5.85. The highest BCUT2D eigenvalue weighted by atomic mass is 19.4. The molecule has 1 amide bonds. The molecule has 1 fully saturated rings. The number of hydrogen-bond donors (Lipinski definition) is 0. The van der Waals surface area contributed by atoms with Gasteiger partial charge in [0.25, 0.3) is 5.91 Å². The molecular formula is C15H13F17N2O. The average Bonchev–Trinajstić information content (AvgIpc) is 2.71. The maximum atomic E-state index is 14.0. The van der Waals surface area contributed by atoms with Gasteiger partial charge in [-0.3, -0.25) is 4.79 Å². The van der Waals surface area contributed by atoms with Crippen molar-refractivity contribution in [2.24, 2.45) is 0 Å². The van der Waals surface area contributed by atoms with E-state index in [9.17, 15) is 79.4 Å². The Hall–Kier alpha value is -1.76. The molecule has 0 aromatic carbocycles. The topological polar surface area (TPSA) is 23.6 Å². The third-order valence-electron chi connectivity index (χ3n) is 5.10. The number of carbonyl (C=O) groups excluding carboxylic acids is 1. The fourth-order valence-electron chi connectivity index (χ4n) is 2.76. The molecule has 208 valence electrons. The van der Waals surface area contributed by atoms with Crippen LogP contribution >= 0.6 is 0 Å². The first-order valence-corrected chi connectivity index (χ1v) is 8.93. The summed E-state index contributed by atoms with van der Waals surface area (Å²) in [5.41, 5.74) is 0. The molecule has 0 aromatic rings. The number of amides is 1. The molecule has 0 aliphatic carbocycles. The zero-order valence-corrected chi connectivity index (χ0v) is 16.8. The lowest BCUT2D eigenvalue weighted by molar-refractivity contribution is -0.459. The van der Waals surface area contributed by atoms with Crippen molar-refractivity contribution in [2.75, 3.05) is 32.7 Å². The lowest BCUT2D eigenvalue weighted by atomic mass is 9.88. The quantitative estimate of drug-likeness (QED) is 0.384. The monoisotopic (exact) mass is 560 g/mol. The fourth-order valence-corrected chi connectivity index (χ4v) is 2.76. The summed E-state index contributed by atoms with van der Waals surface area (Å²) in [7, 11) is 0. The third-order valence-corrected chi connectivity index (χ3v) is 5.10. The Balaban J connectivity index is 3.51. The van der Waals surface area contributed by atoms with Gasteiger partial charge in [0.1, 0.15) is 0 Å². The summed E-state index contributed by atoms with van der Waals surface area (Å²) in [6, 6.07) is 0. The van der Waals surface area contributed by atoms with Crippen LogP contribution in [0.1, 0.15) is 6.92 Å². The standard InChI is InChI=1S/C15H13F17N2O/c1-2-33-3-5-34(6-4-33)7(35)8(16,17)9(18,19)10(20,21)11(22,23)12(24,25)13(26,27)14(28,29)15(30,31)32/h2-6H2,1H3. The SMILES string of the molecule is CCN1CCN(C(=O)C(F)(F)C(F)(F)C(F)(F)C(F)(F)C(F)(F)C(F)(F)C(F)(F)C(F)(F)F)CC1. The molecule has 1 aliphatic rings. The first kappa shape index (κ1) is 31.3. The predicted molar refractivity (Wildman–Crippen MR) is 79.4 cm³/mol. The van der Waals surface area contributed by atoms with Gasteiger partial charge in [-0.05, 0) is 6.54 Å². The molecule has 1 aliphatic heterocycles.